The normalized spacial score (nSPS) is 11.9. The molecule has 1 atom stereocenters. The first-order valence-electron chi connectivity index (χ1n) is 9.03. The fourth-order valence-corrected chi connectivity index (χ4v) is 2.94. The fourth-order valence-electron chi connectivity index (χ4n) is 2.73. The number of benzene rings is 1. The number of fused-ring (bicyclic) bond motifs is 1. The molecule has 0 saturated carbocycles. The maximum Gasteiger partial charge on any atom is 0.347 e. The number of ether oxygens (including phenoxy) is 3. The van der Waals surface area contributed by atoms with Gasteiger partial charge in [-0.25, -0.2) is 9.59 Å². The molecular weight excluding hydrogens is 388 g/mol. The maximum atomic E-state index is 12.4. The van der Waals surface area contributed by atoms with E-state index in [9.17, 15) is 14.4 Å². The molecule has 2 rings (SSSR count). The van der Waals surface area contributed by atoms with Crippen molar-refractivity contribution in [3.05, 3.63) is 38.7 Å². The first-order valence-corrected chi connectivity index (χ1v) is 9.41. The van der Waals surface area contributed by atoms with E-state index >= 15 is 0 Å². The molecule has 1 aromatic heterocycles. The third-order valence-corrected chi connectivity index (χ3v) is 4.44. The van der Waals surface area contributed by atoms with Gasteiger partial charge in [0, 0.05) is 23.4 Å². The summed E-state index contributed by atoms with van der Waals surface area (Å²) in [7, 11) is 0. The van der Waals surface area contributed by atoms with Crippen LogP contribution in [0.1, 0.15) is 38.3 Å². The fraction of sp³-hybridized carbons (Fsp3) is 0.450. The molecule has 1 heterocycles. The maximum absolute atomic E-state index is 12.4. The van der Waals surface area contributed by atoms with E-state index in [2.05, 4.69) is 0 Å². The average Bonchev–Trinajstić information content (AvgIpc) is 2.63. The van der Waals surface area contributed by atoms with Gasteiger partial charge in [0.1, 0.15) is 11.3 Å². The topological polar surface area (TPSA) is 92.0 Å². The zero-order chi connectivity index (χ0) is 20.8. The molecule has 0 unspecified atom stereocenters. The van der Waals surface area contributed by atoms with Crippen LogP contribution in [0.25, 0.3) is 11.0 Å². The predicted octanol–water partition coefficient (Wildman–Crippen LogP) is 3.58. The number of esters is 2. The highest BCUT2D eigenvalue weighted by Crippen LogP contribution is 2.32. The van der Waals surface area contributed by atoms with Gasteiger partial charge in [0.15, 0.2) is 6.10 Å². The number of aryl methyl sites for hydroxylation is 1. The van der Waals surface area contributed by atoms with E-state index < -0.39 is 17.7 Å². The number of carbonyl (C=O) groups is 2. The van der Waals surface area contributed by atoms with Crippen LogP contribution < -0.4 is 10.4 Å². The average molecular weight is 411 g/mol. The van der Waals surface area contributed by atoms with Crippen molar-refractivity contribution in [2.45, 2.75) is 46.6 Å². The van der Waals surface area contributed by atoms with Crippen molar-refractivity contribution in [1.29, 1.82) is 0 Å². The van der Waals surface area contributed by atoms with Gasteiger partial charge in [-0.3, -0.25) is 4.79 Å². The van der Waals surface area contributed by atoms with E-state index in [1.54, 1.807) is 33.8 Å². The Labute approximate surface area is 167 Å². The summed E-state index contributed by atoms with van der Waals surface area (Å²) in [6, 6.07) is 3.08. The molecule has 7 nitrogen and oxygen atoms in total. The Hall–Kier alpha value is -2.54. The molecule has 0 radical (unpaired) electrons. The summed E-state index contributed by atoms with van der Waals surface area (Å²) < 4.78 is 20.7. The van der Waals surface area contributed by atoms with Crippen LogP contribution in [-0.2, 0) is 25.5 Å². The minimum Gasteiger partial charge on any atom is -0.477 e. The van der Waals surface area contributed by atoms with E-state index in [1.165, 1.54) is 6.07 Å². The second kappa shape index (κ2) is 9.59. The molecule has 0 fully saturated rings. The van der Waals surface area contributed by atoms with E-state index in [0.717, 1.165) is 0 Å². The van der Waals surface area contributed by atoms with Crippen LogP contribution in [0.15, 0.2) is 21.3 Å². The van der Waals surface area contributed by atoms with Crippen molar-refractivity contribution in [2.24, 2.45) is 0 Å². The van der Waals surface area contributed by atoms with E-state index in [0.29, 0.717) is 16.5 Å². The lowest BCUT2D eigenvalue weighted by molar-refractivity contribution is -0.150. The summed E-state index contributed by atoms with van der Waals surface area (Å²) in [6.45, 7) is 7.24. The second-order valence-electron chi connectivity index (χ2n) is 6.09. The monoisotopic (exact) mass is 410 g/mol. The molecule has 0 aliphatic heterocycles. The number of hydrogen-bond donors (Lipinski definition) is 0. The number of halogens is 1. The van der Waals surface area contributed by atoms with E-state index in [1.807, 2.05) is 0 Å². The standard InChI is InChI=1S/C20H23ClO7/c1-5-25-18(22)8-7-13-11(3)14-9-15(21)17(10-16(14)28-20(13)24)27-12(4)19(23)26-6-2/h9-10,12H,5-8H2,1-4H3/t12-/m1/s1. The van der Waals surface area contributed by atoms with Gasteiger partial charge < -0.3 is 18.6 Å². The second-order valence-corrected chi connectivity index (χ2v) is 6.50. The van der Waals surface area contributed by atoms with E-state index in [4.69, 9.17) is 30.2 Å². The van der Waals surface area contributed by atoms with Gasteiger partial charge in [-0.15, -0.1) is 0 Å². The van der Waals surface area contributed by atoms with Crippen molar-refractivity contribution in [2.75, 3.05) is 13.2 Å². The van der Waals surface area contributed by atoms with Gasteiger partial charge in [0.2, 0.25) is 0 Å². The van der Waals surface area contributed by atoms with Crippen LogP contribution in [0, 0.1) is 6.92 Å². The number of hydrogen-bond acceptors (Lipinski definition) is 7. The van der Waals surface area contributed by atoms with Crippen molar-refractivity contribution in [3.8, 4) is 5.75 Å². The molecule has 8 heteroatoms. The first-order chi connectivity index (χ1) is 13.3. The summed E-state index contributed by atoms with van der Waals surface area (Å²) >= 11 is 6.29. The van der Waals surface area contributed by atoms with Crippen LogP contribution >= 0.6 is 11.6 Å². The molecule has 0 aliphatic carbocycles. The van der Waals surface area contributed by atoms with E-state index in [-0.39, 0.29) is 48.4 Å². The lowest BCUT2D eigenvalue weighted by atomic mass is 10.0. The largest absolute Gasteiger partial charge is 0.477 e. The quantitative estimate of drug-likeness (QED) is 0.485. The summed E-state index contributed by atoms with van der Waals surface area (Å²) in [5, 5.41) is 0.886. The Kier molecular flexibility index (Phi) is 7.45. The third-order valence-electron chi connectivity index (χ3n) is 4.15. The highest BCUT2D eigenvalue weighted by Gasteiger charge is 2.20. The van der Waals surface area contributed by atoms with Crippen LogP contribution in [0.4, 0.5) is 0 Å². The highest BCUT2D eigenvalue weighted by molar-refractivity contribution is 6.32. The molecule has 0 N–H and O–H groups in total. The lowest BCUT2D eigenvalue weighted by Crippen LogP contribution is -2.26. The molecule has 0 saturated heterocycles. The number of rotatable bonds is 8. The predicted molar refractivity (Wildman–Crippen MR) is 104 cm³/mol. The van der Waals surface area contributed by atoms with Gasteiger partial charge in [-0.05, 0) is 45.7 Å². The Bertz CT molecular complexity index is 932. The Morgan fingerprint density at radius 3 is 2.50 bits per heavy atom. The molecule has 0 spiro atoms. The smallest absolute Gasteiger partial charge is 0.347 e. The molecular formula is C20H23ClO7. The zero-order valence-electron chi connectivity index (χ0n) is 16.3. The number of carbonyl (C=O) groups excluding carboxylic acids is 2. The van der Waals surface area contributed by atoms with Gasteiger partial charge in [0.05, 0.1) is 18.2 Å². The Morgan fingerprint density at radius 2 is 1.86 bits per heavy atom. The van der Waals surface area contributed by atoms with Gasteiger partial charge in [-0.1, -0.05) is 11.6 Å². The molecule has 0 bridgehead atoms. The molecule has 28 heavy (non-hydrogen) atoms. The van der Waals surface area contributed by atoms with Gasteiger partial charge in [-0.2, -0.15) is 0 Å². The van der Waals surface area contributed by atoms with Crippen LogP contribution in [0.2, 0.25) is 5.02 Å². The lowest BCUT2D eigenvalue weighted by Gasteiger charge is -2.15. The SMILES string of the molecule is CCOC(=O)CCc1c(C)c2cc(Cl)c(O[C@H](C)C(=O)OCC)cc2oc1=O. The molecule has 1 aromatic carbocycles. The van der Waals surface area contributed by atoms with Crippen molar-refractivity contribution in [3.63, 3.8) is 0 Å². The molecule has 0 amide bonds. The summed E-state index contributed by atoms with van der Waals surface area (Å²) in [5.74, 6) is -0.696. The van der Waals surface area contributed by atoms with Gasteiger partial charge >= 0.3 is 17.6 Å². The minimum absolute atomic E-state index is 0.0803. The van der Waals surface area contributed by atoms with Crippen molar-refractivity contribution >= 4 is 34.5 Å². The molecule has 0 aliphatic rings. The van der Waals surface area contributed by atoms with Crippen LogP contribution in [0.5, 0.6) is 5.75 Å². The Balaban J connectivity index is 2.34. The third kappa shape index (κ3) is 5.04. The van der Waals surface area contributed by atoms with Gasteiger partial charge in [0.25, 0.3) is 0 Å². The van der Waals surface area contributed by atoms with Crippen LogP contribution in [-0.4, -0.2) is 31.3 Å². The highest BCUT2D eigenvalue weighted by atomic mass is 35.5. The van der Waals surface area contributed by atoms with Crippen LogP contribution in [0.3, 0.4) is 0 Å². The zero-order valence-corrected chi connectivity index (χ0v) is 17.1. The Morgan fingerprint density at radius 1 is 1.18 bits per heavy atom. The first kappa shape index (κ1) is 21.8. The minimum atomic E-state index is -0.869. The summed E-state index contributed by atoms with van der Waals surface area (Å²) in [5.41, 5.74) is 0.798. The molecule has 2 aromatic rings. The van der Waals surface area contributed by atoms with Crippen molar-refractivity contribution in [1.82, 2.24) is 0 Å². The summed E-state index contributed by atoms with van der Waals surface area (Å²) in [4.78, 5) is 35.7. The summed E-state index contributed by atoms with van der Waals surface area (Å²) in [6.07, 6.45) is -0.582. The van der Waals surface area contributed by atoms with Crippen molar-refractivity contribution < 1.29 is 28.2 Å². The molecule has 152 valence electrons.